The predicted molar refractivity (Wildman–Crippen MR) is 86.4 cm³/mol. The Hall–Kier alpha value is -1.19. The Morgan fingerprint density at radius 3 is 2.52 bits per heavy atom. The molecule has 0 N–H and O–H groups in total. The van der Waals surface area contributed by atoms with Crippen LogP contribution in [0.15, 0.2) is 5.16 Å². The summed E-state index contributed by atoms with van der Waals surface area (Å²) in [5, 5.41) is 12.6. The van der Waals surface area contributed by atoms with Gasteiger partial charge in [0.05, 0.1) is 25.0 Å². The van der Waals surface area contributed by atoms with Crippen molar-refractivity contribution in [1.29, 1.82) is 0 Å². The summed E-state index contributed by atoms with van der Waals surface area (Å²) in [7, 11) is 3.26. The van der Waals surface area contributed by atoms with Gasteiger partial charge in [0.15, 0.2) is 0 Å². The van der Waals surface area contributed by atoms with Gasteiger partial charge in [0, 0.05) is 27.3 Å². The van der Waals surface area contributed by atoms with Crippen LogP contribution in [0.4, 0.5) is 0 Å². The van der Waals surface area contributed by atoms with Crippen LogP contribution in [0, 0.1) is 0 Å². The lowest BCUT2D eigenvalue weighted by molar-refractivity contribution is -0.129. The molecule has 2 rings (SSSR count). The Kier molecular flexibility index (Phi) is 7.77. The Balaban J connectivity index is 1.87. The van der Waals surface area contributed by atoms with Crippen molar-refractivity contribution in [3.8, 4) is 0 Å². The molecule has 0 unspecified atom stereocenters. The minimum absolute atomic E-state index is 0.0464. The number of methoxy groups -OCH3 is 2. The van der Waals surface area contributed by atoms with Crippen molar-refractivity contribution >= 4 is 17.7 Å². The van der Waals surface area contributed by atoms with Gasteiger partial charge >= 0.3 is 0 Å². The average Bonchev–Trinajstić information content (AvgIpc) is 3.23. The maximum atomic E-state index is 12.4. The highest BCUT2D eigenvalue weighted by Gasteiger charge is 2.22. The van der Waals surface area contributed by atoms with E-state index in [1.54, 1.807) is 19.1 Å². The quantitative estimate of drug-likeness (QED) is 0.586. The molecule has 0 atom stereocenters. The van der Waals surface area contributed by atoms with Crippen LogP contribution in [0.3, 0.4) is 0 Å². The minimum atomic E-state index is 0.0464. The summed E-state index contributed by atoms with van der Waals surface area (Å²) in [6.07, 6.45) is 4.66. The first-order valence-electron chi connectivity index (χ1n) is 7.92. The van der Waals surface area contributed by atoms with Gasteiger partial charge in [-0.05, 0) is 23.3 Å². The van der Waals surface area contributed by atoms with E-state index < -0.39 is 0 Å². The summed E-state index contributed by atoms with van der Waals surface area (Å²) < 4.78 is 12.0. The SMILES string of the molecule is COCCN(CCOC)C(=O)CSc1nnnn1C1CCCC1. The molecule has 0 bridgehead atoms. The Morgan fingerprint density at radius 2 is 1.91 bits per heavy atom. The van der Waals surface area contributed by atoms with Gasteiger partial charge in [0.1, 0.15) is 0 Å². The zero-order chi connectivity index (χ0) is 16.5. The van der Waals surface area contributed by atoms with Crippen LogP contribution in [0.25, 0.3) is 0 Å². The third kappa shape index (κ3) is 5.43. The summed E-state index contributed by atoms with van der Waals surface area (Å²) in [5.74, 6) is 0.366. The second-order valence-corrected chi connectivity index (χ2v) is 6.44. The lowest BCUT2D eigenvalue weighted by atomic mass is 10.3. The van der Waals surface area contributed by atoms with E-state index in [0.717, 1.165) is 18.0 Å². The fourth-order valence-corrected chi connectivity index (χ4v) is 3.49. The van der Waals surface area contributed by atoms with Gasteiger partial charge in [-0.1, -0.05) is 24.6 Å². The fraction of sp³-hybridized carbons (Fsp3) is 0.857. The Bertz CT molecular complexity index is 471. The first-order chi connectivity index (χ1) is 11.3. The summed E-state index contributed by atoms with van der Waals surface area (Å²) in [5.41, 5.74) is 0. The van der Waals surface area contributed by atoms with Crippen molar-refractivity contribution in [2.75, 3.05) is 46.3 Å². The molecule has 0 spiro atoms. The van der Waals surface area contributed by atoms with Crippen LogP contribution in [-0.4, -0.2) is 77.3 Å². The van der Waals surface area contributed by atoms with Gasteiger partial charge in [0.2, 0.25) is 11.1 Å². The van der Waals surface area contributed by atoms with Crippen LogP contribution in [0.2, 0.25) is 0 Å². The summed E-state index contributed by atoms with van der Waals surface area (Å²) in [4.78, 5) is 14.2. The number of nitrogens with zero attached hydrogens (tertiary/aromatic N) is 5. The predicted octanol–water partition coefficient (Wildman–Crippen LogP) is 1.00. The molecule has 0 radical (unpaired) electrons. The Labute approximate surface area is 140 Å². The topological polar surface area (TPSA) is 82.4 Å². The number of amides is 1. The largest absolute Gasteiger partial charge is 0.383 e. The van der Waals surface area contributed by atoms with E-state index in [1.807, 2.05) is 4.68 Å². The highest BCUT2D eigenvalue weighted by molar-refractivity contribution is 7.99. The second-order valence-electron chi connectivity index (χ2n) is 5.50. The molecule has 1 amide bonds. The normalized spacial score (nSPS) is 15.2. The molecule has 1 fully saturated rings. The maximum Gasteiger partial charge on any atom is 0.233 e. The average molecular weight is 343 g/mol. The van der Waals surface area contributed by atoms with Crippen LogP contribution in [0.1, 0.15) is 31.7 Å². The third-order valence-corrected chi connectivity index (χ3v) is 4.86. The molecule has 130 valence electrons. The molecule has 1 aromatic rings. The molecule has 0 aliphatic heterocycles. The zero-order valence-corrected chi connectivity index (χ0v) is 14.6. The number of carbonyl (C=O) groups excluding carboxylic acids is 1. The monoisotopic (exact) mass is 343 g/mol. The van der Waals surface area contributed by atoms with E-state index in [-0.39, 0.29) is 5.91 Å². The number of tetrazole rings is 1. The van der Waals surface area contributed by atoms with Gasteiger partial charge < -0.3 is 14.4 Å². The number of hydrogen-bond donors (Lipinski definition) is 0. The highest BCUT2D eigenvalue weighted by atomic mass is 32.2. The number of carbonyl (C=O) groups is 1. The summed E-state index contributed by atoms with van der Waals surface area (Å²) in [6, 6.07) is 0.376. The Morgan fingerprint density at radius 1 is 1.26 bits per heavy atom. The second kappa shape index (κ2) is 9.84. The molecular formula is C14H25N5O3S. The lowest BCUT2D eigenvalue weighted by Crippen LogP contribution is -2.37. The molecule has 1 aliphatic rings. The molecule has 8 nitrogen and oxygen atoms in total. The zero-order valence-electron chi connectivity index (χ0n) is 13.8. The standard InChI is InChI=1S/C14H25N5O3S/c1-21-9-7-18(8-10-22-2)13(20)11-23-14-15-16-17-19(14)12-5-3-4-6-12/h12H,3-11H2,1-2H3. The van der Waals surface area contributed by atoms with E-state index in [0.29, 0.717) is 38.1 Å². The molecular weight excluding hydrogens is 318 g/mol. The molecule has 1 heterocycles. The van der Waals surface area contributed by atoms with E-state index in [2.05, 4.69) is 15.5 Å². The van der Waals surface area contributed by atoms with Crippen molar-refractivity contribution in [3.63, 3.8) is 0 Å². The fourth-order valence-electron chi connectivity index (χ4n) is 2.64. The molecule has 1 saturated carbocycles. The first kappa shape index (κ1) is 18.2. The number of aromatic nitrogens is 4. The highest BCUT2D eigenvalue weighted by Crippen LogP contribution is 2.31. The van der Waals surface area contributed by atoms with E-state index >= 15 is 0 Å². The smallest absolute Gasteiger partial charge is 0.233 e. The number of rotatable bonds is 10. The number of ether oxygens (including phenoxy) is 2. The van der Waals surface area contributed by atoms with E-state index in [1.165, 1.54) is 24.6 Å². The molecule has 0 aromatic carbocycles. The molecule has 23 heavy (non-hydrogen) atoms. The van der Waals surface area contributed by atoms with Crippen LogP contribution >= 0.6 is 11.8 Å². The van der Waals surface area contributed by atoms with Crippen molar-refractivity contribution in [2.45, 2.75) is 36.9 Å². The van der Waals surface area contributed by atoms with Gasteiger partial charge in [-0.2, -0.15) is 0 Å². The van der Waals surface area contributed by atoms with Crippen LogP contribution < -0.4 is 0 Å². The molecule has 0 saturated heterocycles. The van der Waals surface area contributed by atoms with Gasteiger partial charge in [0.25, 0.3) is 0 Å². The van der Waals surface area contributed by atoms with Crippen LogP contribution in [-0.2, 0) is 14.3 Å². The molecule has 9 heteroatoms. The van der Waals surface area contributed by atoms with Crippen molar-refractivity contribution in [2.24, 2.45) is 0 Å². The van der Waals surface area contributed by atoms with Crippen molar-refractivity contribution in [1.82, 2.24) is 25.1 Å². The van der Waals surface area contributed by atoms with Crippen molar-refractivity contribution in [3.05, 3.63) is 0 Å². The third-order valence-electron chi connectivity index (χ3n) is 3.94. The maximum absolute atomic E-state index is 12.4. The molecule has 1 aromatic heterocycles. The van der Waals surface area contributed by atoms with Crippen molar-refractivity contribution < 1.29 is 14.3 Å². The van der Waals surface area contributed by atoms with E-state index in [4.69, 9.17) is 9.47 Å². The summed E-state index contributed by atoms with van der Waals surface area (Å²) in [6.45, 7) is 2.15. The minimum Gasteiger partial charge on any atom is -0.383 e. The van der Waals surface area contributed by atoms with Gasteiger partial charge in [-0.15, -0.1) is 5.10 Å². The van der Waals surface area contributed by atoms with E-state index in [9.17, 15) is 4.79 Å². The summed E-state index contributed by atoms with van der Waals surface area (Å²) >= 11 is 1.40. The first-order valence-corrected chi connectivity index (χ1v) is 8.91. The number of hydrogen-bond acceptors (Lipinski definition) is 7. The van der Waals surface area contributed by atoms with Crippen LogP contribution in [0.5, 0.6) is 0 Å². The van der Waals surface area contributed by atoms with Gasteiger partial charge in [-0.25, -0.2) is 4.68 Å². The lowest BCUT2D eigenvalue weighted by Gasteiger charge is -2.21. The van der Waals surface area contributed by atoms with Gasteiger partial charge in [-0.3, -0.25) is 4.79 Å². The molecule has 1 aliphatic carbocycles. The number of thioether (sulfide) groups is 1.